The van der Waals surface area contributed by atoms with Gasteiger partial charge in [-0.3, -0.25) is 4.79 Å². The van der Waals surface area contributed by atoms with E-state index in [1.54, 1.807) is 18.2 Å². The Morgan fingerprint density at radius 1 is 1.47 bits per heavy atom. The Morgan fingerprint density at radius 2 is 2.11 bits per heavy atom. The second-order valence-electron chi connectivity index (χ2n) is 5.15. The largest absolute Gasteiger partial charge is 0.507 e. The van der Waals surface area contributed by atoms with Gasteiger partial charge in [0.1, 0.15) is 5.75 Å². The van der Waals surface area contributed by atoms with E-state index >= 15 is 0 Å². The lowest BCUT2D eigenvalue weighted by atomic mass is 9.90. The number of phenolic OH excluding ortho intramolecular Hbond substituents is 1. The monoisotopic (exact) mass is 374 g/mol. The summed E-state index contributed by atoms with van der Waals surface area (Å²) in [6.07, 6.45) is 1.92. The minimum atomic E-state index is -0.00479. The van der Waals surface area contributed by atoms with Crippen LogP contribution >= 0.6 is 22.6 Å². The molecule has 0 spiro atoms. The summed E-state index contributed by atoms with van der Waals surface area (Å²) >= 11 is 2.04. The maximum Gasteiger partial charge on any atom is 0.253 e. The summed E-state index contributed by atoms with van der Waals surface area (Å²) < 4.78 is 0.754. The number of likely N-dealkylation sites (tertiary alicyclic amines) is 1. The van der Waals surface area contributed by atoms with Crippen molar-refractivity contribution in [1.29, 1.82) is 0 Å². The molecule has 1 aliphatic heterocycles. The van der Waals surface area contributed by atoms with E-state index in [0.717, 1.165) is 29.5 Å². The number of amides is 1. The first kappa shape index (κ1) is 14.6. The fraction of sp³-hybridized carbons (Fsp3) is 0.500. The van der Waals surface area contributed by atoms with Crippen molar-refractivity contribution in [3.63, 3.8) is 0 Å². The summed E-state index contributed by atoms with van der Waals surface area (Å²) in [5.74, 6) is 0.668. The number of benzene rings is 1. The molecule has 0 saturated carbocycles. The van der Waals surface area contributed by atoms with E-state index in [0.29, 0.717) is 11.5 Å². The zero-order chi connectivity index (χ0) is 14.0. The number of carbonyl (C=O) groups excluding carboxylic acids is 1. The second-order valence-corrected chi connectivity index (χ2v) is 6.32. The first-order valence-electron chi connectivity index (χ1n) is 6.52. The van der Waals surface area contributed by atoms with Gasteiger partial charge in [0.15, 0.2) is 0 Å². The zero-order valence-corrected chi connectivity index (χ0v) is 13.1. The molecule has 1 saturated heterocycles. The van der Waals surface area contributed by atoms with Crippen LogP contribution in [-0.4, -0.2) is 35.0 Å². The Bertz CT molecular complexity index is 469. The van der Waals surface area contributed by atoms with Crippen LogP contribution < -0.4 is 5.73 Å². The molecule has 2 rings (SSSR count). The summed E-state index contributed by atoms with van der Waals surface area (Å²) in [7, 11) is 0. The van der Waals surface area contributed by atoms with Crippen LogP contribution in [0.2, 0.25) is 0 Å². The van der Waals surface area contributed by atoms with E-state index in [2.05, 4.69) is 0 Å². The van der Waals surface area contributed by atoms with Crippen LogP contribution in [0.25, 0.3) is 0 Å². The summed E-state index contributed by atoms with van der Waals surface area (Å²) in [4.78, 5) is 14.2. The number of aromatic hydroxyl groups is 1. The van der Waals surface area contributed by atoms with Crippen molar-refractivity contribution >= 4 is 28.5 Å². The Labute approximate surface area is 127 Å². The highest BCUT2D eigenvalue weighted by molar-refractivity contribution is 14.1. The van der Waals surface area contributed by atoms with Gasteiger partial charge in [-0.15, -0.1) is 0 Å². The molecule has 104 valence electrons. The van der Waals surface area contributed by atoms with E-state index in [1.165, 1.54) is 0 Å². The van der Waals surface area contributed by atoms with E-state index in [-0.39, 0.29) is 17.7 Å². The fourth-order valence-corrected chi connectivity index (χ4v) is 2.79. The predicted octanol–water partition coefficient (Wildman–Crippen LogP) is 2.20. The number of carbonyl (C=O) groups is 1. The molecule has 1 aromatic carbocycles. The highest BCUT2D eigenvalue weighted by Crippen LogP contribution is 2.24. The maximum absolute atomic E-state index is 12.3. The molecule has 1 fully saturated rings. The van der Waals surface area contributed by atoms with Crippen molar-refractivity contribution in [3.05, 3.63) is 27.3 Å². The molecule has 1 heterocycles. The number of nitrogens with two attached hydrogens (primary N) is 1. The van der Waals surface area contributed by atoms with Gasteiger partial charge in [0, 0.05) is 24.7 Å². The second kappa shape index (κ2) is 6.09. The maximum atomic E-state index is 12.3. The molecule has 0 aromatic heterocycles. The molecule has 1 amide bonds. The van der Waals surface area contributed by atoms with Gasteiger partial charge in [-0.2, -0.15) is 0 Å². The number of nitrogens with zero attached hydrogens (tertiary/aromatic N) is 1. The number of piperidine rings is 1. The van der Waals surface area contributed by atoms with Gasteiger partial charge in [0.05, 0.1) is 3.57 Å². The molecule has 0 bridgehead atoms. The van der Waals surface area contributed by atoms with Gasteiger partial charge in [-0.25, -0.2) is 0 Å². The SMILES string of the molecule is CC(N)C1CCN(C(=O)c2ccc(I)c(O)c2)CC1. The Balaban J connectivity index is 2.03. The standard InChI is InChI=1S/C14H19IN2O2/c1-9(16)10-4-6-17(7-5-10)14(19)11-2-3-12(15)13(18)8-11/h2-3,8-10,18H,4-7,16H2,1H3. The Morgan fingerprint density at radius 3 is 2.63 bits per heavy atom. The van der Waals surface area contributed by atoms with Gasteiger partial charge >= 0.3 is 0 Å². The molecule has 0 aliphatic carbocycles. The Kier molecular flexibility index (Phi) is 4.67. The normalized spacial score (nSPS) is 18.4. The molecule has 0 radical (unpaired) electrons. The number of hydrogen-bond acceptors (Lipinski definition) is 3. The molecule has 1 unspecified atom stereocenters. The number of hydrogen-bond donors (Lipinski definition) is 2. The lowest BCUT2D eigenvalue weighted by Crippen LogP contribution is -2.42. The van der Waals surface area contributed by atoms with Crippen molar-refractivity contribution in [2.75, 3.05) is 13.1 Å². The van der Waals surface area contributed by atoms with E-state index in [9.17, 15) is 9.90 Å². The highest BCUT2D eigenvalue weighted by atomic mass is 127. The molecule has 1 aromatic rings. The summed E-state index contributed by atoms with van der Waals surface area (Å²) in [5, 5.41) is 9.67. The molecule has 5 heteroatoms. The first-order chi connectivity index (χ1) is 8.99. The molecule has 1 atom stereocenters. The predicted molar refractivity (Wildman–Crippen MR) is 83.1 cm³/mol. The van der Waals surface area contributed by atoms with Crippen molar-refractivity contribution in [2.45, 2.75) is 25.8 Å². The quantitative estimate of drug-likeness (QED) is 0.780. The third-order valence-corrected chi connectivity index (χ3v) is 4.68. The lowest BCUT2D eigenvalue weighted by Gasteiger charge is -2.33. The van der Waals surface area contributed by atoms with Crippen LogP contribution in [0.4, 0.5) is 0 Å². The molecule has 1 aliphatic rings. The highest BCUT2D eigenvalue weighted by Gasteiger charge is 2.25. The summed E-state index contributed by atoms with van der Waals surface area (Å²) in [6, 6.07) is 5.26. The molecule has 4 nitrogen and oxygen atoms in total. The third-order valence-electron chi connectivity index (χ3n) is 3.76. The number of phenols is 1. The molecule has 3 N–H and O–H groups in total. The average molecular weight is 374 g/mol. The van der Waals surface area contributed by atoms with Crippen LogP contribution in [-0.2, 0) is 0 Å². The first-order valence-corrected chi connectivity index (χ1v) is 7.60. The van der Waals surface area contributed by atoms with E-state index in [1.807, 2.05) is 34.4 Å². The van der Waals surface area contributed by atoms with Gasteiger partial charge in [0.25, 0.3) is 5.91 Å². The van der Waals surface area contributed by atoms with Gasteiger partial charge in [0.2, 0.25) is 0 Å². The van der Waals surface area contributed by atoms with Crippen LogP contribution in [0.3, 0.4) is 0 Å². The van der Waals surface area contributed by atoms with Crippen molar-refractivity contribution in [2.24, 2.45) is 11.7 Å². The minimum Gasteiger partial charge on any atom is -0.507 e. The van der Waals surface area contributed by atoms with Gasteiger partial charge in [-0.05, 0) is 66.5 Å². The van der Waals surface area contributed by atoms with Gasteiger partial charge < -0.3 is 15.7 Å². The lowest BCUT2D eigenvalue weighted by molar-refractivity contribution is 0.0680. The third kappa shape index (κ3) is 3.39. The minimum absolute atomic E-state index is 0.00479. The number of halogens is 1. The number of rotatable bonds is 2. The molecular weight excluding hydrogens is 355 g/mol. The van der Waals surface area contributed by atoms with Crippen molar-refractivity contribution < 1.29 is 9.90 Å². The fourth-order valence-electron chi connectivity index (χ4n) is 2.46. The van der Waals surface area contributed by atoms with Crippen LogP contribution in [0.1, 0.15) is 30.1 Å². The smallest absolute Gasteiger partial charge is 0.253 e. The van der Waals surface area contributed by atoms with Crippen LogP contribution in [0, 0.1) is 9.49 Å². The van der Waals surface area contributed by atoms with Crippen molar-refractivity contribution in [1.82, 2.24) is 4.90 Å². The molecular formula is C14H19IN2O2. The summed E-state index contributed by atoms with van der Waals surface area (Å²) in [6.45, 7) is 3.52. The van der Waals surface area contributed by atoms with Crippen LogP contribution in [0.15, 0.2) is 18.2 Å². The zero-order valence-electron chi connectivity index (χ0n) is 11.0. The van der Waals surface area contributed by atoms with E-state index in [4.69, 9.17) is 5.73 Å². The Hall–Kier alpha value is -0.820. The molecule has 19 heavy (non-hydrogen) atoms. The van der Waals surface area contributed by atoms with Gasteiger partial charge in [-0.1, -0.05) is 0 Å². The average Bonchev–Trinajstić information content (AvgIpc) is 2.41. The summed E-state index contributed by atoms with van der Waals surface area (Å²) in [5.41, 5.74) is 6.45. The van der Waals surface area contributed by atoms with E-state index < -0.39 is 0 Å². The van der Waals surface area contributed by atoms with Crippen LogP contribution in [0.5, 0.6) is 5.75 Å². The topological polar surface area (TPSA) is 66.6 Å². The van der Waals surface area contributed by atoms with Crippen molar-refractivity contribution in [3.8, 4) is 5.75 Å².